The molecule has 1 aliphatic carbocycles. The monoisotopic (exact) mass is 326 g/mol. The first-order valence-corrected chi connectivity index (χ1v) is 8.55. The Morgan fingerprint density at radius 1 is 0.640 bits per heavy atom. The van der Waals surface area contributed by atoms with Crippen molar-refractivity contribution in [3.05, 3.63) is 83.4 Å². The molecule has 2 nitrogen and oxygen atoms in total. The van der Waals surface area contributed by atoms with Crippen molar-refractivity contribution in [2.45, 2.75) is 18.8 Å². The molecule has 0 amide bonds. The highest BCUT2D eigenvalue weighted by Crippen LogP contribution is 2.44. The van der Waals surface area contributed by atoms with E-state index in [0.717, 1.165) is 53.2 Å². The second kappa shape index (κ2) is 6.48. The van der Waals surface area contributed by atoms with E-state index in [1.165, 1.54) is 0 Å². The first-order valence-electron chi connectivity index (χ1n) is 8.55. The molecule has 3 aromatic carbocycles. The van der Waals surface area contributed by atoms with Gasteiger partial charge in [0.15, 0.2) is 12.6 Å². The van der Waals surface area contributed by atoms with Crippen LogP contribution in [0, 0.1) is 0 Å². The minimum atomic E-state index is 0.428. The summed E-state index contributed by atoms with van der Waals surface area (Å²) >= 11 is 0. The highest BCUT2D eigenvalue weighted by molar-refractivity contribution is 6.01. The Labute approximate surface area is 147 Å². The summed E-state index contributed by atoms with van der Waals surface area (Å²) in [5.74, 6) is 0.428. The zero-order valence-corrected chi connectivity index (χ0v) is 13.8. The van der Waals surface area contributed by atoms with Crippen LogP contribution in [0.1, 0.15) is 45.0 Å². The van der Waals surface area contributed by atoms with Crippen molar-refractivity contribution >= 4 is 12.6 Å². The van der Waals surface area contributed by atoms with Gasteiger partial charge in [-0.1, -0.05) is 66.7 Å². The molecule has 0 atom stereocenters. The average molecular weight is 326 g/mol. The van der Waals surface area contributed by atoms with Crippen molar-refractivity contribution in [1.29, 1.82) is 0 Å². The fraction of sp³-hybridized carbons (Fsp3) is 0.130. The lowest BCUT2D eigenvalue weighted by molar-refractivity contribution is 0.109. The molecule has 1 fully saturated rings. The van der Waals surface area contributed by atoms with Crippen LogP contribution in [0.25, 0.3) is 22.3 Å². The van der Waals surface area contributed by atoms with E-state index >= 15 is 0 Å². The molecule has 122 valence electrons. The van der Waals surface area contributed by atoms with Gasteiger partial charge >= 0.3 is 0 Å². The Bertz CT molecular complexity index is 938. The third-order valence-corrected chi connectivity index (χ3v) is 4.88. The molecule has 0 radical (unpaired) electrons. The summed E-state index contributed by atoms with van der Waals surface area (Å²) in [5.41, 5.74) is 6.01. The van der Waals surface area contributed by atoms with Crippen molar-refractivity contribution in [2.75, 3.05) is 0 Å². The average Bonchev–Trinajstić information content (AvgIpc) is 3.52. The minimum absolute atomic E-state index is 0.428. The van der Waals surface area contributed by atoms with E-state index in [9.17, 15) is 9.59 Å². The van der Waals surface area contributed by atoms with Crippen LogP contribution in [0.2, 0.25) is 0 Å². The highest BCUT2D eigenvalue weighted by atomic mass is 16.1. The van der Waals surface area contributed by atoms with Crippen molar-refractivity contribution in [1.82, 2.24) is 0 Å². The summed E-state index contributed by atoms with van der Waals surface area (Å²) < 4.78 is 0. The fourth-order valence-electron chi connectivity index (χ4n) is 3.48. The minimum Gasteiger partial charge on any atom is -0.298 e. The maximum atomic E-state index is 11.9. The van der Waals surface area contributed by atoms with Crippen molar-refractivity contribution in [3.63, 3.8) is 0 Å². The van der Waals surface area contributed by atoms with Crippen molar-refractivity contribution in [2.24, 2.45) is 0 Å². The Kier molecular flexibility index (Phi) is 4.02. The van der Waals surface area contributed by atoms with Gasteiger partial charge in [0.1, 0.15) is 0 Å². The number of rotatable bonds is 5. The van der Waals surface area contributed by atoms with Crippen molar-refractivity contribution < 1.29 is 9.59 Å². The molecule has 25 heavy (non-hydrogen) atoms. The molecule has 1 aliphatic rings. The number of benzene rings is 3. The summed E-state index contributed by atoms with van der Waals surface area (Å²) in [5, 5.41) is 0. The topological polar surface area (TPSA) is 34.1 Å². The van der Waals surface area contributed by atoms with Gasteiger partial charge in [-0.2, -0.15) is 0 Å². The largest absolute Gasteiger partial charge is 0.298 e. The zero-order valence-electron chi connectivity index (χ0n) is 13.8. The number of hydrogen-bond donors (Lipinski definition) is 0. The van der Waals surface area contributed by atoms with E-state index < -0.39 is 0 Å². The maximum absolute atomic E-state index is 11.9. The van der Waals surface area contributed by atoms with Gasteiger partial charge in [0, 0.05) is 11.1 Å². The summed E-state index contributed by atoms with van der Waals surface area (Å²) in [6.45, 7) is 0. The molecule has 4 rings (SSSR count). The Hall–Kier alpha value is -3.00. The van der Waals surface area contributed by atoms with E-state index in [4.69, 9.17) is 0 Å². The Morgan fingerprint density at radius 2 is 1.28 bits per heavy atom. The SMILES string of the molecule is O=Cc1c(-c2ccccc2-c2ccccc2)ccc(C2CC2)c1C=O. The van der Waals surface area contributed by atoms with Crippen molar-refractivity contribution in [3.8, 4) is 22.3 Å². The zero-order chi connectivity index (χ0) is 17.2. The molecule has 0 aliphatic heterocycles. The summed E-state index contributed by atoms with van der Waals surface area (Å²) in [6.07, 6.45) is 3.86. The predicted octanol–water partition coefficient (Wildman–Crippen LogP) is 5.52. The van der Waals surface area contributed by atoms with Gasteiger partial charge in [0.2, 0.25) is 0 Å². The molecular weight excluding hydrogens is 308 g/mol. The lowest BCUT2D eigenvalue weighted by Gasteiger charge is -2.15. The van der Waals surface area contributed by atoms with Gasteiger partial charge in [-0.05, 0) is 46.6 Å². The second-order valence-corrected chi connectivity index (χ2v) is 6.45. The third-order valence-electron chi connectivity index (χ3n) is 4.88. The lowest BCUT2D eigenvalue weighted by Crippen LogP contribution is -2.01. The molecule has 1 saturated carbocycles. The Balaban J connectivity index is 1.94. The smallest absolute Gasteiger partial charge is 0.151 e. The molecule has 0 spiro atoms. The van der Waals surface area contributed by atoms with Gasteiger partial charge in [-0.15, -0.1) is 0 Å². The molecule has 0 saturated heterocycles. The van der Waals surface area contributed by atoms with Crippen LogP contribution in [0.4, 0.5) is 0 Å². The molecule has 0 unspecified atom stereocenters. The quantitative estimate of drug-likeness (QED) is 0.578. The summed E-state index contributed by atoms with van der Waals surface area (Å²) in [6, 6.07) is 22.1. The molecule has 0 bridgehead atoms. The van der Waals surface area contributed by atoms with Crippen LogP contribution in [0.3, 0.4) is 0 Å². The van der Waals surface area contributed by atoms with Gasteiger partial charge in [-0.3, -0.25) is 9.59 Å². The third kappa shape index (κ3) is 2.80. The second-order valence-electron chi connectivity index (χ2n) is 6.45. The lowest BCUT2D eigenvalue weighted by atomic mass is 9.88. The first-order chi connectivity index (χ1) is 12.3. The van der Waals surface area contributed by atoms with Crippen LogP contribution in [-0.4, -0.2) is 12.6 Å². The summed E-state index contributed by atoms with van der Waals surface area (Å²) in [4.78, 5) is 23.6. The molecule has 0 aromatic heterocycles. The highest BCUT2D eigenvalue weighted by Gasteiger charge is 2.28. The van der Waals surface area contributed by atoms with Crippen LogP contribution >= 0.6 is 0 Å². The first kappa shape index (κ1) is 15.5. The van der Waals surface area contributed by atoms with E-state index in [0.29, 0.717) is 17.0 Å². The number of carbonyl (C=O) groups excluding carboxylic acids is 2. The normalized spacial score (nSPS) is 13.4. The van der Waals surface area contributed by atoms with Crippen LogP contribution in [-0.2, 0) is 0 Å². The van der Waals surface area contributed by atoms with Gasteiger partial charge in [0.05, 0.1) is 0 Å². The van der Waals surface area contributed by atoms with Gasteiger partial charge < -0.3 is 0 Å². The molecule has 2 heteroatoms. The van der Waals surface area contributed by atoms with Gasteiger partial charge in [0.25, 0.3) is 0 Å². The summed E-state index contributed by atoms with van der Waals surface area (Å²) in [7, 11) is 0. The molecular formula is C23H18O2. The maximum Gasteiger partial charge on any atom is 0.151 e. The van der Waals surface area contributed by atoms with Crippen LogP contribution in [0.5, 0.6) is 0 Å². The fourth-order valence-corrected chi connectivity index (χ4v) is 3.48. The molecule has 0 N–H and O–H groups in total. The van der Waals surface area contributed by atoms with Gasteiger partial charge in [-0.25, -0.2) is 0 Å². The van der Waals surface area contributed by atoms with E-state index in [1.807, 2.05) is 48.5 Å². The van der Waals surface area contributed by atoms with Crippen LogP contribution in [0.15, 0.2) is 66.7 Å². The number of carbonyl (C=O) groups is 2. The molecule has 0 heterocycles. The number of aldehydes is 2. The molecule has 3 aromatic rings. The standard InChI is InChI=1S/C23H18O2/c24-14-22-19(17-10-11-17)12-13-21(23(22)15-25)20-9-5-4-8-18(20)16-6-2-1-3-7-16/h1-9,12-15,17H,10-11H2. The van der Waals surface area contributed by atoms with E-state index in [1.54, 1.807) is 0 Å². The van der Waals surface area contributed by atoms with Crippen LogP contribution < -0.4 is 0 Å². The Morgan fingerprint density at radius 3 is 1.92 bits per heavy atom. The van der Waals surface area contributed by atoms with E-state index in [-0.39, 0.29) is 0 Å². The predicted molar refractivity (Wildman–Crippen MR) is 100 cm³/mol. The van der Waals surface area contributed by atoms with E-state index in [2.05, 4.69) is 18.2 Å². The number of hydrogen-bond acceptors (Lipinski definition) is 2.